The fourth-order valence-electron chi connectivity index (χ4n) is 1.53. The summed E-state index contributed by atoms with van der Waals surface area (Å²) in [6.07, 6.45) is 0. The van der Waals surface area contributed by atoms with Crippen LogP contribution in [-0.2, 0) is 23.1 Å². The lowest BCUT2D eigenvalue weighted by atomic mass is 10.2. The Labute approximate surface area is 122 Å². The van der Waals surface area contributed by atoms with Crippen molar-refractivity contribution < 1.29 is 33.0 Å². The maximum absolute atomic E-state index is 12.4. The van der Waals surface area contributed by atoms with Crippen LogP contribution in [0.5, 0.6) is 0 Å². The third-order valence-corrected chi connectivity index (χ3v) is 4.48. The number of carboxylic acid groups (broad SMARTS) is 1. The molecule has 1 atom stereocenters. The molecule has 0 fully saturated rings. The van der Waals surface area contributed by atoms with Crippen molar-refractivity contribution in [3.05, 3.63) is 35.9 Å². The van der Waals surface area contributed by atoms with E-state index in [9.17, 15) is 14.2 Å². The quantitative estimate of drug-likeness (QED) is 0.581. The third kappa shape index (κ3) is 4.67. The van der Waals surface area contributed by atoms with E-state index in [-0.39, 0.29) is 18.8 Å². The van der Waals surface area contributed by atoms with E-state index in [1.807, 2.05) is 0 Å². The maximum atomic E-state index is 12.4. The molecule has 1 aromatic rings. The molecule has 7 nitrogen and oxygen atoms in total. The van der Waals surface area contributed by atoms with E-state index in [4.69, 9.17) is 18.9 Å². The number of carboxylic acids is 1. The van der Waals surface area contributed by atoms with Crippen LogP contribution in [0.15, 0.2) is 30.3 Å². The lowest BCUT2D eigenvalue weighted by Crippen LogP contribution is -2.29. The second-order valence-electron chi connectivity index (χ2n) is 3.84. The molecule has 0 aliphatic heterocycles. The van der Waals surface area contributed by atoms with Crippen molar-refractivity contribution in [2.24, 2.45) is 0 Å². The van der Waals surface area contributed by atoms with Crippen molar-refractivity contribution in [2.75, 3.05) is 13.2 Å². The van der Waals surface area contributed by atoms with Gasteiger partial charge in [-0.1, -0.05) is 18.2 Å². The molecule has 0 aliphatic carbocycles. The van der Waals surface area contributed by atoms with Crippen LogP contribution in [0, 0.1) is 0 Å². The minimum Gasteiger partial charge on any atom is -0.478 e. The molecule has 8 heteroatoms. The Morgan fingerprint density at radius 3 is 2.10 bits per heavy atom. The van der Waals surface area contributed by atoms with Gasteiger partial charge in [0.2, 0.25) is 0 Å². The van der Waals surface area contributed by atoms with Crippen LogP contribution in [0.1, 0.15) is 24.2 Å². The van der Waals surface area contributed by atoms with Crippen LogP contribution in [-0.4, -0.2) is 36.1 Å². The highest BCUT2D eigenvalue weighted by atomic mass is 31.2. The number of aliphatic carboxylic acids is 1. The van der Waals surface area contributed by atoms with Gasteiger partial charge in [0.25, 0.3) is 5.85 Å². The molecule has 1 aromatic carbocycles. The smallest absolute Gasteiger partial charge is 0.382 e. The van der Waals surface area contributed by atoms with Gasteiger partial charge in [0, 0.05) is 0 Å². The van der Waals surface area contributed by atoms with E-state index >= 15 is 0 Å². The molecule has 21 heavy (non-hydrogen) atoms. The number of rotatable bonds is 8. The van der Waals surface area contributed by atoms with Gasteiger partial charge in [-0.3, -0.25) is 4.57 Å². The topological polar surface area (TPSA) is 99.1 Å². The Morgan fingerprint density at radius 2 is 1.67 bits per heavy atom. The summed E-state index contributed by atoms with van der Waals surface area (Å²) in [4.78, 5) is 23.2. The zero-order valence-corrected chi connectivity index (χ0v) is 12.6. The maximum Gasteiger partial charge on any atom is 0.382 e. The van der Waals surface area contributed by atoms with Gasteiger partial charge in [-0.2, -0.15) is 0 Å². The molecule has 0 spiro atoms. The first-order valence-corrected chi connectivity index (χ1v) is 7.93. The summed E-state index contributed by atoms with van der Waals surface area (Å²) >= 11 is 0. The van der Waals surface area contributed by atoms with Gasteiger partial charge in [0.05, 0.1) is 18.8 Å². The number of ether oxygens (including phenoxy) is 1. The number of benzene rings is 1. The van der Waals surface area contributed by atoms with Crippen LogP contribution in [0.25, 0.3) is 0 Å². The molecule has 116 valence electrons. The fourth-order valence-corrected chi connectivity index (χ4v) is 3.09. The van der Waals surface area contributed by atoms with Crippen LogP contribution < -0.4 is 0 Å². The summed E-state index contributed by atoms with van der Waals surface area (Å²) in [5.74, 6) is -4.52. The van der Waals surface area contributed by atoms with Crippen LogP contribution in [0.2, 0.25) is 0 Å². The second-order valence-corrected chi connectivity index (χ2v) is 5.90. The normalized spacial score (nSPS) is 12.7. The van der Waals surface area contributed by atoms with Crippen LogP contribution in [0.3, 0.4) is 0 Å². The highest BCUT2D eigenvalue weighted by Gasteiger charge is 2.45. The number of carbonyl (C=O) groups excluding carboxylic acids is 1. The van der Waals surface area contributed by atoms with Gasteiger partial charge in [-0.05, 0) is 26.0 Å². The van der Waals surface area contributed by atoms with Crippen molar-refractivity contribution in [2.45, 2.75) is 19.7 Å². The molecule has 0 amide bonds. The predicted molar refractivity (Wildman–Crippen MR) is 74.1 cm³/mol. The molecule has 0 unspecified atom stereocenters. The van der Waals surface area contributed by atoms with Gasteiger partial charge < -0.3 is 18.9 Å². The fraction of sp³-hybridized carbons (Fsp3) is 0.385. The second kappa shape index (κ2) is 7.93. The van der Waals surface area contributed by atoms with Crippen molar-refractivity contribution in [1.82, 2.24) is 0 Å². The number of hydrogen-bond donors (Lipinski definition) is 1. The zero-order valence-electron chi connectivity index (χ0n) is 11.7. The van der Waals surface area contributed by atoms with Crippen molar-refractivity contribution in [3.8, 4) is 0 Å². The van der Waals surface area contributed by atoms with Gasteiger partial charge in [-0.25, -0.2) is 9.59 Å². The number of hydrogen-bond acceptors (Lipinski definition) is 6. The van der Waals surface area contributed by atoms with E-state index in [1.54, 1.807) is 18.2 Å². The molecule has 0 saturated heterocycles. The first-order valence-electron chi connectivity index (χ1n) is 6.32. The molecular weight excluding hydrogens is 299 g/mol. The van der Waals surface area contributed by atoms with E-state index in [0.29, 0.717) is 0 Å². The number of esters is 1. The van der Waals surface area contributed by atoms with E-state index in [1.165, 1.54) is 26.0 Å². The van der Waals surface area contributed by atoms with E-state index in [0.717, 1.165) is 0 Å². The first kappa shape index (κ1) is 17.4. The van der Waals surface area contributed by atoms with Crippen LogP contribution >= 0.6 is 7.60 Å². The summed E-state index contributed by atoms with van der Waals surface area (Å²) in [6, 6.07) is 7.78. The molecule has 0 saturated carbocycles. The summed E-state index contributed by atoms with van der Waals surface area (Å²) < 4.78 is 27.0. The summed E-state index contributed by atoms with van der Waals surface area (Å²) in [6.45, 7) is 2.99. The molecule has 0 aromatic heterocycles. The molecule has 0 heterocycles. The van der Waals surface area contributed by atoms with Gasteiger partial charge >= 0.3 is 19.5 Å². The van der Waals surface area contributed by atoms with Crippen molar-refractivity contribution in [1.29, 1.82) is 0 Å². The van der Waals surface area contributed by atoms with Crippen molar-refractivity contribution >= 4 is 19.5 Å². The largest absolute Gasteiger partial charge is 0.478 e. The summed E-state index contributed by atoms with van der Waals surface area (Å²) in [5.41, 5.74) is 0.142. The summed E-state index contributed by atoms with van der Waals surface area (Å²) in [7, 11) is -4.10. The predicted octanol–water partition coefficient (Wildman–Crippen LogP) is 2.52. The molecule has 1 N–H and O–H groups in total. The highest BCUT2D eigenvalue weighted by Crippen LogP contribution is 2.53. The molecule has 1 rings (SSSR count). The third-order valence-electron chi connectivity index (χ3n) is 2.34. The summed E-state index contributed by atoms with van der Waals surface area (Å²) in [5, 5.41) is 9.15. The minimum atomic E-state index is -4.10. The average Bonchev–Trinajstić information content (AvgIpc) is 2.45. The zero-order chi connectivity index (χ0) is 15.9. The first-order chi connectivity index (χ1) is 9.94. The Bertz CT molecular complexity index is 519. The monoisotopic (exact) mass is 316 g/mol. The highest BCUT2D eigenvalue weighted by molar-refractivity contribution is 7.55. The molecule has 0 bridgehead atoms. The van der Waals surface area contributed by atoms with E-state index < -0.39 is 25.4 Å². The molecule has 0 aliphatic rings. The van der Waals surface area contributed by atoms with E-state index in [2.05, 4.69) is 0 Å². The Kier molecular flexibility index (Phi) is 6.55. The van der Waals surface area contributed by atoms with Gasteiger partial charge in [-0.15, -0.1) is 0 Å². The lowest BCUT2D eigenvalue weighted by molar-refractivity contribution is -0.143. The minimum absolute atomic E-state index is 0.0378. The Hall–Kier alpha value is -1.69. The van der Waals surface area contributed by atoms with Gasteiger partial charge in [0.1, 0.15) is 0 Å². The number of carbonyl (C=O) groups is 2. The van der Waals surface area contributed by atoms with Gasteiger partial charge in [0.15, 0.2) is 0 Å². The Balaban J connectivity index is 2.99. The van der Waals surface area contributed by atoms with Crippen molar-refractivity contribution in [3.63, 3.8) is 0 Å². The molecular formula is C13H17O7P. The lowest BCUT2D eigenvalue weighted by Gasteiger charge is -2.22. The van der Waals surface area contributed by atoms with Crippen LogP contribution in [0.4, 0.5) is 0 Å². The SMILES string of the molecule is CCOP(=O)(OCC)[C@H](OC(=O)c1ccccc1)C(=O)O. The average molecular weight is 316 g/mol. The Morgan fingerprint density at radius 1 is 1.14 bits per heavy atom. The molecule has 0 radical (unpaired) electrons. The standard InChI is InChI=1S/C13H17O7P/c1-3-18-21(17,19-4-2)13(11(14)15)20-12(16)10-8-6-5-7-9-10/h5-9,13H,3-4H2,1-2H3,(H,14,15)/t13-/m0/s1.